The molecule has 3 aromatic rings. The van der Waals surface area contributed by atoms with Gasteiger partial charge in [-0.25, -0.2) is 4.79 Å². The summed E-state index contributed by atoms with van der Waals surface area (Å²) in [5, 5.41) is 9.07. The third-order valence-corrected chi connectivity index (χ3v) is 12.1. The summed E-state index contributed by atoms with van der Waals surface area (Å²) in [6.07, 6.45) is 5.74. The monoisotopic (exact) mass is 820 g/mol. The van der Waals surface area contributed by atoms with E-state index in [1.54, 1.807) is 42.8 Å². The maximum atomic E-state index is 13.5. The molecule has 9 atom stereocenters. The Morgan fingerprint density at radius 3 is 2.14 bits per heavy atom. The quantitative estimate of drug-likeness (QED) is 0.137. The Hall–Kier alpha value is -4.10. The van der Waals surface area contributed by atoms with E-state index < -0.39 is 89.9 Å². The first kappa shape index (κ1) is 41.6. The van der Waals surface area contributed by atoms with Gasteiger partial charge in [0.2, 0.25) is 0 Å². The number of ether oxygens (including phenoxy) is 7. The van der Waals surface area contributed by atoms with Crippen LogP contribution in [0.3, 0.4) is 0 Å². The number of hydrogen-bond donors (Lipinski definition) is 1. The number of imide groups is 1. The summed E-state index contributed by atoms with van der Waals surface area (Å²) in [5.74, 6) is -2.83. The van der Waals surface area contributed by atoms with E-state index in [9.17, 15) is 19.2 Å². The standard InChI is InChI=1S/C42H56N6O11/c1-6-9-10-11-12-13-14-17-21-46-23-27(44-45-46)30(32-33-34(57-41(4,5)56-33)38(54-32)47-22-20-29(49)43-40(47)52)55-39-35-31(58-42(7-2,8-3)59-35)28(53-39)24-48-36(50)25-18-15-16-19-26(25)37(48)51/h15-16,18-20,22-23,28,30-35,38-39H,6-14,17,21,24H2,1-5H3,(H,43,49,52)/t28-,30+,31-,32-,33-,34-,35-,38-,39+/m1/s1. The Morgan fingerprint density at radius 2 is 1.46 bits per heavy atom. The zero-order valence-corrected chi connectivity index (χ0v) is 34.4. The van der Waals surface area contributed by atoms with Crippen molar-refractivity contribution in [2.75, 3.05) is 6.54 Å². The molecule has 59 heavy (non-hydrogen) atoms. The number of benzene rings is 1. The molecular formula is C42H56N6O11. The highest BCUT2D eigenvalue weighted by Crippen LogP contribution is 2.49. The maximum Gasteiger partial charge on any atom is 0.330 e. The number of H-pyrrole nitrogens is 1. The number of hydrogen-bond acceptors (Lipinski definition) is 13. The molecule has 1 aromatic carbocycles. The predicted octanol–water partition coefficient (Wildman–Crippen LogP) is 4.77. The zero-order valence-electron chi connectivity index (χ0n) is 34.4. The Labute approximate surface area is 342 Å². The number of fused-ring (bicyclic) bond motifs is 3. The molecule has 0 spiro atoms. The van der Waals surface area contributed by atoms with Crippen molar-refractivity contribution < 1.29 is 42.7 Å². The summed E-state index contributed by atoms with van der Waals surface area (Å²) in [5.41, 5.74) is -0.125. The number of carbonyl (C=O) groups is 2. The van der Waals surface area contributed by atoms with E-state index in [4.69, 9.17) is 33.2 Å². The van der Waals surface area contributed by atoms with Gasteiger partial charge in [-0.05, 0) is 45.2 Å². The molecule has 5 aliphatic heterocycles. The van der Waals surface area contributed by atoms with Crippen molar-refractivity contribution in [2.45, 2.75) is 172 Å². The second kappa shape index (κ2) is 17.1. The average molecular weight is 821 g/mol. The minimum Gasteiger partial charge on any atom is -0.346 e. The summed E-state index contributed by atoms with van der Waals surface area (Å²) in [6, 6.07) is 7.97. The summed E-state index contributed by atoms with van der Waals surface area (Å²) in [6.45, 7) is 10.3. The molecule has 4 fully saturated rings. The van der Waals surface area contributed by atoms with Crippen molar-refractivity contribution >= 4 is 11.8 Å². The molecule has 7 heterocycles. The third kappa shape index (κ3) is 8.22. The minimum atomic E-state index is -1.09. The van der Waals surface area contributed by atoms with Gasteiger partial charge in [0.05, 0.1) is 23.9 Å². The normalized spacial score (nSPS) is 29.6. The molecule has 320 valence electrons. The number of amides is 2. The predicted molar refractivity (Wildman–Crippen MR) is 209 cm³/mol. The lowest BCUT2D eigenvalue weighted by molar-refractivity contribution is -0.275. The average Bonchev–Trinajstić information content (AvgIpc) is 4.06. The molecule has 1 N–H and O–H groups in total. The lowest BCUT2D eigenvalue weighted by Gasteiger charge is -2.32. The third-order valence-electron chi connectivity index (χ3n) is 12.1. The van der Waals surface area contributed by atoms with Crippen LogP contribution in [-0.4, -0.2) is 102 Å². The molecule has 2 amide bonds. The molecular weight excluding hydrogens is 764 g/mol. The van der Waals surface area contributed by atoms with Gasteiger partial charge in [0, 0.05) is 18.8 Å². The molecule has 0 aliphatic carbocycles. The summed E-state index contributed by atoms with van der Waals surface area (Å²) in [7, 11) is 0. The molecule has 2 aromatic heterocycles. The van der Waals surface area contributed by atoms with Crippen LogP contribution in [0.4, 0.5) is 0 Å². The van der Waals surface area contributed by atoms with E-state index in [1.807, 2.05) is 20.0 Å². The zero-order chi connectivity index (χ0) is 41.5. The molecule has 17 heteroatoms. The Kier molecular flexibility index (Phi) is 12.1. The van der Waals surface area contributed by atoms with Gasteiger partial charge in [-0.15, -0.1) is 5.10 Å². The SMILES string of the molecule is CCCCCCCCCCn1cc([C@H](O[C@@H]2O[C@H](CN3C(=O)c4ccccc4C3=O)[C@H]3OC(CC)(CC)O[C@@H]23)[C@H]2O[C@@H](n3ccc(=O)[nH]c3=O)[C@@H]3OC(C)(C)O[C@@H]32)nn1. The van der Waals surface area contributed by atoms with E-state index in [1.165, 1.54) is 53.8 Å². The Morgan fingerprint density at radius 1 is 0.797 bits per heavy atom. The fourth-order valence-electron chi connectivity index (χ4n) is 9.03. The van der Waals surface area contributed by atoms with Crippen molar-refractivity contribution in [2.24, 2.45) is 0 Å². The van der Waals surface area contributed by atoms with Crippen LogP contribution >= 0.6 is 0 Å². The van der Waals surface area contributed by atoms with Crippen LogP contribution in [0.1, 0.15) is 138 Å². The van der Waals surface area contributed by atoms with Gasteiger partial charge >= 0.3 is 5.69 Å². The topological polar surface area (TPSA) is 188 Å². The number of unbranched alkanes of at least 4 members (excludes halogenated alkanes) is 7. The van der Waals surface area contributed by atoms with Crippen molar-refractivity contribution in [3.05, 3.63) is 80.4 Å². The molecule has 8 rings (SSSR count). The fourth-order valence-corrected chi connectivity index (χ4v) is 9.03. The van der Waals surface area contributed by atoms with Crippen LogP contribution in [-0.2, 0) is 39.7 Å². The number of carbonyl (C=O) groups excluding carboxylic acids is 2. The van der Waals surface area contributed by atoms with Crippen LogP contribution in [0.5, 0.6) is 0 Å². The lowest BCUT2D eigenvalue weighted by atomic mass is 10.0. The number of aromatic amines is 1. The highest BCUT2D eigenvalue weighted by molar-refractivity contribution is 6.21. The van der Waals surface area contributed by atoms with Gasteiger partial charge in [-0.1, -0.05) is 83.1 Å². The van der Waals surface area contributed by atoms with Gasteiger partial charge in [-0.3, -0.25) is 33.5 Å². The van der Waals surface area contributed by atoms with Crippen LogP contribution in [0.2, 0.25) is 0 Å². The summed E-state index contributed by atoms with van der Waals surface area (Å²) in [4.78, 5) is 55.7. The highest BCUT2D eigenvalue weighted by atomic mass is 16.8. The van der Waals surface area contributed by atoms with E-state index in [2.05, 4.69) is 22.2 Å². The lowest BCUT2D eigenvalue weighted by Crippen LogP contribution is -2.43. The number of aryl methyl sites for hydroxylation is 1. The first-order valence-corrected chi connectivity index (χ1v) is 21.3. The van der Waals surface area contributed by atoms with Gasteiger partial charge in [0.25, 0.3) is 17.4 Å². The largest absolute Gasteiger partial charge is 0.346 e. The molecule has 0 unspecified atom stereocenters. The Balaban J connectivity index is 1.09. The van der Waals surface area contributed by atoms with Crippen molar-refractivity contribution in [1.82, 2.24) is 29.4 Å². The van der Waals surface area contributed by atoms with Crippen LogP contribution < -0.4 is 11.2 Å². The molecule has 0 radical (unpaired) electrons. The van der Waals surface area contributed by atoms with Crippen LogP contribution in [0, 0.1) is 0 Å². The van der Waals surface area contributed by atoms with Crippen molar-refractivity contribution in [3.8, 4) is 0 Å². The fraction of sp³-hybridized carbons (Fsp3) is 0.667. The number of aromatic nitrogens is 5. The van der Waals surface area contributed by atoms with Gasteiger partial charge in [0.15, 0.2) is 24.1 Å². The molecule has 0 bridgehead atoms. The van der Waals surface area contributed by atoms with Crippen molar-refractivity contribution in [1.29, 1.82) is 0 Å². The molecule has 5 aliphatic rings. The highest BCUT2D eigenvalue weighted by Gasteiger charge is 2.62. The number of nitrogens with one attached hydrogen (secondary N) is 1. The minimum absolute atomic E-state index is 0.0906. The second-order valence-corrected chi connectivity index (χ2v) is 16.6. The van der Waals surface area contributed by atoms with E-state index in [0.717, 1.165) is 19.3 Å². The van der Waals surface area contributed by atoms with E-state index in [-0.39, 0.29) is 6.54 Å². The van der Waals surface area contributed by atoms with E-state index >= 15 is 0 Å². The number of nitrogens with zero attached hydrogens (tertiary/aromatic N) is 5. The van der Waals surface area contributed by atoms with Crippen molar-refractivity contribution in [3.63, 3.8) is 0 Å². The molecule has 0 saturated carbocycles. The second-order valence-electron chi connectivity index (χ2n) is 16.6. The first-order valence-electron chi connectivity index (χ1n) is 21.3. The van der Waals surface area contributed by atoms with E-state index in [0.29, 0.717) is 36.2 Å². The van der Waals surface area contributed by atoms with Crippen LogP contribution in [0.25, 0.3) is 0 Å². The smallest absolute Gasteiger partial charge is 0.330 e. The molecule has 17 nitrogen and oxygen atoms in total. The van der Waals surface area contributed by atoms with Gasteiger partial charge in [-0.2, -0.15) is 0 Å². The van der Waals surface area contributed by atoms with Gasteiger partial charge < -0.3 is 33.2 Å². The Bertz CT molecular complexity index is 2060. The van der Waals surface area contributed by atoms with Crippen LogP contribution in [0.15, 0.2) is 52.3 Å². The molecule has 4 saturated heterocycles. The maximum absolute atomic E-state index is 13.5. The number of rotatable bonds is 18. The summed E-state index contributed by atoms with van der Waals surface area (Å²) >= 11 is 0. The summed E-state index contributed by atoms with van der Waals surface area (Å²) < 4.78 is 49.4. The van der Waals surface area contributed by atoms with Gasteiger partial charge in [0.1, 0.15) is 48.4 Å². The first-order chi connectivity index (χ1) is 28.4.